The second-order valence-electron chi connectivity index (χ2n) is 6.46. The predicted molar refractivity (Wildman–Crippen MR) is 90.5 cm³/mol. The fourth-order valence-corrected chi connectivity index (χ4v) is 3.81. The van der Waals surface area contributed by atoms with E-state index in [2.05, 4.69) is 0 Å². The van der Waals surface area contributed by atoms with Crippen LogP contribution in [-0.4, -0.2) is 47.7 Å². The fourth-order valence-electron chi connectivity index (χ4n) is 3.50. The minimum Gasteiger partial charge on any atom is -0.481 e. The summed E-state index contributed by atoms with van der Waals surface area (Å²) in [7, 11) is 1.59. The van der Waals surface area contributed by atoms with Gasteiger partial charge in [-0.15, -0.1) is 0 Å². The van der Waals surface area contributed by atoms with Gasteiger partial charge in [0.15, 0.2) is 0 Å². The molecule has 1 N–H and O–H groups in total. The Morgan fingerprint density at radius 2 is 2.04 bits per heavy atom. The number of amides is 1. The summed E-state index contributed by atoms with van der Waals surface area (Å²) in [6.07, 6.45) is 1.18. The Morgan fingerprint density at radius 3 is 2.67 bits per heavy atom. The molecule has 7 heteroatoms. The van der Waals surface area contributed by atoms with Crippen molar-refractivity contribution in [2.24, 2.45) is 5.92 Å². The number of carboxylic acid groups (broad SMARTS) is 1. The van der Waals surface area contributed by atoms with Crippen LogP contribution in [0.15, 0.2) is 18.2 Å². The maximum absolute atomic E-state index is 12.8. The summed E-state index contributed by atoms with van der Waals surface area (Å²) in [5.41, 5.74) is 1.00. The summed E-state index contributed by atoms with van der Waals surface area (Å²) in [4.78, 5) is 25.6. The van der Waals surface area contributed by atoms with Crippen LogP contribution in [0.1, 0.15) is 30.7 Å². The zero-order valence-corrected chi connectivity index (χ0v) is 14.8. The quantitative estimate of drug-likeness (QED) is 0.862. The molecule has 2 aliphatic rings. The second-order valence-corrected chi connectivity index (χ2v) is 7.27. The van der Waals surface area contributed by atoms with Gasteiger partial charge in [0.2, 0.25) is 5.91 Å². The molecule has 1 amide bonds. The van der Waals surface area contributed by atoms with Crippen molar-refractivity contribution in [3.05, 3.63) is 33.8 Å². The van der Waals surface area contributed by atoms with E-state index in [1.807, 2.05) is 6.07 Å². The Balaban J connectivity index is 1.69. The number of rotatable bonds is 5. The lowest BCUT2D eigenvalue weighted by Gasteiger charge is -2.23. The number of ether oxygens (including phenoxy) is 1. The predicted octanol–water partition coefficient (Wildman–Crippen LogP) is 3.19. The van der Waals surface area contributed by atoms with Crippen molar-refractivity contribution in [1.82, 2.24) is 4.90 Å². The SMILES string of the molecule is COC1CC(CC(=O)O)N(C(=O)C2CC2c2ccc(Cl)c(Cl)c2)C1. The number of hydrogen-bond donors (Lipinski definition) is 1. The Bertz CT molecular complexity index is 666. The number of aliphatic carboxylic acids is 1. The maximum atomic E-state index is 12.8. The number of carbonyl (C=O) groups excluding carboxylic acids is 1. The molecule has 4 atom stereocenters. The first kappa shape index (κ1) is 17.5. The minimum atomic E-state index is -0.897. The average Bonchev–Trinajstić information content (AvgIpc) is 3.23. The molecule has 5 nitrogen and oxygen atoms in total. The molecule has 3 rings (SSSR count). The first-order valence-electron chi connectivity index (χ1n) is 7.90. The third-order valence-electron chi connectivity index (χ3n) is 4.88. The van der Waals surface area contributed by atoms with E-state index < -0.39 is 5.97 Å². The van der Waals surface area contributed by atoms with Gasteiger partial charge in [-0.2, -0.15) is 0 Å². The molecule has 1 aliphatic heterocycles. The van der Waals surface area contributed by atoms with Gasteiger partial charge in [-0.3, -0.25) is 9.59 Å². The van der Waals surface area contributed by atoms with E-state index >= 15 is 0 Å². The van der Waals surface area contributed by atoms with Crippen molar-refractivity contribution in [3.63, 3.8) is 0 Å². The van der Waals surface area contributed by atoms with Crippen molar-refractivity contribution >= 4 is 35.1 Å². The van der Waals surface area contributed by atoms with Crippen molar-refractivity contribution < 1.29 is 19.4 Å². The molecule has 1 saturated heterocycles. The first-order valence-corrected chi connectivity index (χ1v) is 8.66. The molecule has 0 bridgehead atoms. The molecule has 0 radical (unpaired) electrons. The molecular weight excluding hydrogens is 353 g/mol. The zero-order valence-electron chi connectivity index (χ0n) is 13.2. The van der Waals surface area contributed by atoms with Gasteiger partial charge in [-0.25, -0.2) is 0 Å². The van der Waals surface area contributed by atoms with Crippen molar-refractivity contribution in [3.8, 4) is 0 Å². The van der Waals surface area contributed by atoms with E-state index in [-0.39, 0.29) is 36.3 Å². The number of likely N-dealkylation sites (tertiary alicyclic amines) is 1. The van der Waals surface area contributed by atoms with Crippen LogP contribution in [0.5, 0.6) is 0 Å². The van der Waals surface area contributed by atoms with Gasteiger partial charge in [0.1, 0.15) is 0 Å². The highest BCUT2D eigenvalue weighted by Gasteiger charge is 2.49. The molecular formula is C17H19Cl2NO4. The number of carboxylic acids is 1. The summed E-state index contributed by atoms with van der Waals surface area (Å²) >= 11 is 12.0. The van der Waals surface area contributed by atoms with Crippen LogP contribution in [0.2, 0.25) is 10.0 Å². The Kier molecular flexibility index (Phi) is 5.04. The van der Waals surface area contributed by atoms with Crippen LogP contribution in [0.4, 0.5) is 0 Å². The van der Waals surface area contributed by atoms with E-state index in [9.17, 15) is 9.59 Å². The lowest BCUT2D eigenvalue weighted by Crippen LogP contribution is -2.38. The molecule has 0 aromatic heterocycles. The van der Waals surface area contributed by atoms with Crippen LogP contribution in [-0.2, 0) is 14.3 Å². The molecule has 1 saturated carbocycles. The number of methoxy groups -OCH3 is 1. The largest absolute Gasteiger partial charge is 0.481 e. The van der Waals surface area contributed by atoms with Gasteiger partial charge in [-0.05, 0) is 36.5 Å². The minimum absolute atomic E-state index is 0.0110. The molecule has 4 unspecified atom stereocenters. The molecule has 1 aromatic rings. The molecule has 0 spiro atoms. The van der Waals surface area contributed by atoms with Crippen LogP contribution < -0.4 is 0 Å². The Hall–Kier alpha value is -1.30. The van der Waals surface area contributed by atoms with Crippen LogP contribution in [0.3, 0.4) is 0 Å². The average molecular weight is 372 g/mol. The molecule has 1 heterocycles. The third kappa shape index (κ3) is 3.53. The molecule has 1 aliphatic carbocycles. The first-order chi connectivity index (χ1) is 11.4. The fraction of sp³-hybridized carbons (Fsp3) is 0.529. The van der Waals surface area contributed by atoms with E-state index in [1.165, 1.54) is 0 Å². The monoisotopic (exact) mass is 371 g/mol. The van der Waals surface area contributed by atoms with E-state index in [1.54, 1.807) is 24.1 Å². The summed E-state index contributed by atoms with van der Waals surface area (Å²) in [5.74, 6) is -0.878. The molecule has 2 fully saturated rings. The van der Waals surface area contributed by atoms with Gasteiger partial charge in [0.05, 0.1) is 22.6 Å². The Morgan fingerprint density at radius 1 is 1.29 bits per heavy atom. The Labute approximate surface area is 150 Å². The van der Waals surface area contributed by atoms with Gasteiger partial charge >= 0.3 is 5.97 Å². The van der Waals surface area contributed by atoms with Gasteiger partial charge < -0.3 is 14.7 Å². The summed E-state index contributed by atoms with van der Waals surface area (Å²) in [6, 6.07) is 5.14. The van der Waals surface area contributed by atoms with E-state index in [0.29, 0.717) is 23.0 Å². The lowest BCUT2D eigenvalue weighted by molar-refractivity contribution is -0.140. The number of benzene rings is 1. The number of hydrogen-bond acceptors (Lipinski definition) is 3. The van der Waals surface area contributed by atoms with Crippen molar-refractivity contribution in [2.45, 2.75) is 37.3 Å². The number of nitrogens with zero attached hydrogens (tertiary/aromatic N) is 1. The molecule has 130 valence electrons. The van der Waals surface area contributed by atoms with Crippen LogP contribution >= 0.6 is 23.2 Å². The van der Waals surface area contributed by atoms with Crippen molar-refractivity contribution in [2.75, 3.05) is 13.7 Å². The van der Waals surface area contributed by atoms with Gasteiger partial charge in [0, 0.05) is 25.6 Å². The van der Waals surface area contributed by atoms with Crippen LogP contribution in [0.25, 0.3) is 0 Å². The highest BCUT2D eigenvalue weighted by Crippen LogP contribution is 2.50. The zero-order chi connectivity index (χ0) is 17.4. The standard InChI is InChI=1S/C17H19Cl2NO4/c1-24-11-5-10(6-16(21)22)20(8-11)17(23)13-7-12(13)9-2-3-14(18)15(19)4-9/h2-4,10-13H,5-8H2,1H3,(H,21,22). The maximum Gasteiger partial charge on any atom is 0.305 e. The van der Waals surface area contributed by atoms with Gasteiger partial charge in [0.25, 0.3) is 0 Å². The summed E-state index contributed by atoms with van der Waals surface area (Å²) in [5, 5.41) is 10.0. The number of halogens is 2. The topological polar surface area (TPSA) is 66.8 Å². The second kappa shape index (κ2) is 6.90. The normalized spacial score (nSPS) is 28.9. The third-order valence-corrected chi connectivity index (χ3v) is 5.62. The number of carbonyl (C=O) groups is 2. The van der Waals surface area contributed by atoms with Gasteiger partial charge in [-0.1, -0.05) is 29.3 Å². The van der Waals surface area contributed by atoms with E-state index in [0.717, 1.165) is 12.0 Å². The molecule has 1 aromatic carbocycles. The van der Waals surface area contributed by atoms with Crippen molar-refractivity contribution in [1.29, 1.82) is 0 Å². The van der Waals surface area contributed by atoms with Crippen LogP contribution in [0, 0.1) is 5.92 Å². The highest BCUT2D eigenvalue weighted by atomic mass is 35.5. The lowest BCUT2D eigenvalue weighted by atomic mass is 10.1. The highest BCUT2D eigenvalue weighted by molar-refractivity contribution is 6.42. The summed E-state index contributed by atoms with van der Waals surface area (Å²) in [6.45, 7) is 0.456. The molecule has 24 heavy (non-hydrogen) atoms. The van der Waals surface area contributed by atoms with E-state index in [4.69, 9.17) is 33.0 Å². The smallest absolute Gasteiger partial charge is 0.305 e. The summed E-state index contributed by atoms with van der Waals surface area (Å²) < 4.78 is 5.32.